The molecule has 0 saturated heterocycles. The van der Waals surface area contributed by atoms with Crippen molar-refractivity contribution in [3.8, 4) is 0 Å². The molecule has 0 fully saturated rings. The van der Waals surface area contributed by atoms with Crippen molar-refractivity contribution in [2.75, 3.05) is 16.8 Å². The summed E-state index contributed by atoms with van der Waals surface area (Å²) in [5.41, 5.74) is -0.449. The van der Waals surface area contributed by atoms with Crippen molar-refractivity contribution in [1.29, 1.82) is 0 Å². The van der Waals surface area contributed by atoms with Gasteiger partial charge < -0.3 is 9.87 Å². The first-order valence-corrected chi connectivity index (χ1v) is 13.6. The number of thiol groups is 1. The molecular weight excluding hydrogens is 552 g/mol. The minimum absolute atomic E-state index is 0.0157. The van der Waals surface area contributed by atoms with E-state index in [0.717, 1.165) is 6.07 Å². The van der Waals surface area contributed by atoms with Crippen molar-refractivity contribution in [3.63, 3.8) is 0 Å². The molecule has 4 rings (SSSR count). The maximum Gasteiger partial charge on any atom is 0.474 e. The zero-order valence-electron chi connectivity index (χ0n) is 20.5. The minimum atomic E-state index is -5.20. The highest BCUT2D eigenvalue weighted by atomic mass is 32.3. The van der Waals surface area contributed by atoms with Crippen LogP contribution in [0.15, 0.2) is 45.8 Å². The Morgan fingerprint density at radius 2 is 1.92 bits per heavy atom. The van der Waals surface area contributed by atoms with Gasteiger partial charge in [0, 0.05) is 29.7 Å². The van der Waals surface area contributed by atoms with Gasteiger partial charge in [-0.15, -0.1) is 0 Å². The van der Waals surface area contributed by atoms with Crippen molar-refractivity contribution in [1.82, 2.24) is 14.5 Å². The first-order valence-electron chi connectivity index (χ1n) is 11.5. The van der Waals surface area contributed by atoms with Crippen molar-refractivity contribution < 1.29 is 35.7 Å². The molecule has 0 unspecified atom stereocenters. The quantitative estimate of drug-likeness (QED) is 0.292. The zero-order chi connectivity index (χ0) is 28.7. The van der Waals surface area contributed by atoms with Crippen LogP contribution in [0.2, 0.25) is 0 Å². The van der Waals surface area contributed by atoms with Gasteiger partial charge in [-0.3, -0.25) is 14.2 Å². The molecule has 15 heteroatoms. The first-order chi connectivity index (χ1) is 18.2. The van der Waals surface area contributed by atoms with E-state index in [1.54, 1.807) is 6.92 Å². The van der Waals surface area contributed by atoms with Gasteiger partial charge in [0.25, 0.3) is 12.0 Å². The summed E-state index contributed by atoms with van der Waals surface area (Å²) >= 11 is 0. The number of hydrogen-bond donors (Lipinski definition) is 3. The normalized spacial score (nSPS) is 17.0. The molecule has 2 N–H and O–H groups in total. The Labute approximate surface area is 218 Å². The smallest absolute Gasteiger partial charge is 0.363 e. The Morgan fingerprint density at radius 1 is 1.23 bits per heavy atom. The highest BCUT2D eigenvalue weighted by molar-refractivity contribution is 8.00. The van der Waals surface area contributed by atoms with E-state index in [0.29, 0.717) is 11.0 Å². The van der Waals surface area contributed by atoms with E-state index in [1.807, 2.05) is 0 Å². The molecule has 1 atom stereocenters. The molecule has 8 nitrogen and oxygen atoms in total. The van der Waals surface area contributed by atoms with Crippen LogP contribution in [0.3, 0.4) is 0 Å². The molecule has 0 spiro atoms. The summed E-state index contributed by atoms with van der Waals surface area (Å²) in [5, 5.41) is 3.30. The van der Waals surface area contributed by atoms with E-state index in [4.69, 9.17) is 0 Å². The van der Waals surface area contributed by atoms with Gasteiger partial charge in [-0.1, -0.05) is 34.4 Å². The number of aromatic nitrogens is 3. The van der Waals surface area contributed by atoms with Crippen molar-refractivity contribution >= 4 is 38.4 Å². The van der Waals surface area contributed by atoms with Gasteiger partial charge in [0.05, 0.1) is 17.0 Å². The summed E-state index contributed by atoms with van der Waals surface area (Å²) in [6.45, 7) is 1.55. The maximum atomic E-state index is 14.7. The van der Waals surface area contributed by atoms with Crippen LogP contribution in [0, 0.1) is 5.82 Å². The Hall–Kier alpha value is -3.59. The predicted octanol–water partition coefficient (Wildman–Crippen LogP) is 5.00. The molecule has 1 aliphatic rings. The number of pyridine rings is 1. The van der Waals surface area contributed by atoms with Gasteiger partial charge in [-0.25, -0.2) is 23.1 Å². The van der Waals surface area contributed by atoms with Crippen LogP contribution in [0.25, 0.3) is 16.6 Å². The summed E-state index contributed by atoms with van der Waals surface area (Å²) in [6, 6.07) is 4.31. The topological polar surface area (TPSA) is 109 Å². The fourth-order valence-electron chi connectivity index (χ4n) is 4.28. The molecule has 210 valence electrons. The molecule has 0 aliphatic carbocycles. The lowest BCUT2D eigenvalue weighted by Crippen LogP contribution is -2.30. The van der Waals surface area contributed by atoms with E-state index in [9.17, 15) is 40.5 Å². The number of aryl methyl sites for hydroxylation is 1. The Balaban J connectivity index is 1.72. The highest BCUT2D eigenvalue weighted by Crippen LogP contribution is 2.32. The standard InChI is InChI=1S/C24H23F6N5O3S/c1-12(14-4-3-5-15(18(14)25)19(26)27)33-20-17-10-16(22(36)35(2)21(17)32-11-31-20)13-6-8-39(38,9-7-13)34-23(37)24(28,29)30/h3-6,10-12,19,39H,7-9H2,1-2H3,(H,31,32,33)(H,34,37,38)/t12-/m1/s1. The first kappa shape index (κ1) is 28.4. The predicted molar refractivity (Wildman–Crippen MR) is 135 cm³/mol. The fraction of sp³-hybridized carbons (Fsp3) is 0.333. The van der Waals surface area contributed by atoms with E-state index >= 15 is 0 Å². The third-order valence-corrected chi connectivity index (χ3v) is 8.61. The van der Waals surface area contributed by atoms with Crippen LogP contribution >= 0.6 is 0 Å². The van der Waals surface area contributed by atoms with Crippen LogP contribution in [0.1, 0.15) is 42.5 Å². The number of benzene rings is 1. The van der Waals surface area contributed by atoms with Gasteiger partial charge in [-0.05, 0) is 25.0 Å². The summed E-state index contributed by atoms with van der Waals surface area (Å²) in [4.78, 5) is 32.7. The molecule has 3 aromatic rings. The number of allylic oxidation sites excluding steroid dienone is 1. The van der Waals surface area contributed by atoms with Crippen LogP contribution in [-0.2, 0) is 21.9 Å². The van der Waals surface area contributed by atoms with Gasteiger partial charge in [0.2, 0.25) is 0 Å². The second-order valence-corrected chi connectivity index (χ2v) is 11.7. The van der Waals surface area contributed by atoms with Crippen molar-refractivity contribution in [2.45, 2.75) is 32.0 Å². The number of rotatable bonds is 5. The number of nitrogens with zero attached hydrogens (tertiary/aromatic N) is 4. The van der Waals surface area contributed by atoms with Crippen molar-refractivity contribution in [3.05, 3.63) is 69.5 Å². The third-order valence-electron chi connectivity index (χ3n) is 6.35. The summed E-state index contributed by atoms with van der Waals surface area (Å²) in [5.74, 6) is -3.78. The lowest BCUT2D eigenvalue weighted by Gasteiger charge is -2.27. The average Bonchev–Trinajstić information content (AvgIpc) is 2.86. The number of halogens is 6. The van der Waals surface area contributed by atoms with Gasteiger partial charge in [0.1, 0.15) is 23.6 Å². The molecule has 1 aromatic carbocycles. The van der Waals surface area contributed by atoms with Gasteiger partial charge >= 0.3 is 12.1 Å². The second kappa shape index (κ2) is 10.5. The van der Waals surface area contributed by atoms with E-state index < -0.39 is 51.6 Å². The minimum Gasteiger partial charge on any atom is -0.363 e. The van der Waals surface area contributed by atoms with E-state index in [2.05, 4.69) is 19.6 Å². The number of carbonyl (C=O) groups excluding carboxylic acids is 1. The molecule has 1 aliphatic heterocycles. The summed E-state index contributed by atoms with van der Waals surface area (Å²) in [6.07, 6.45) is -5.66. The largest absolute Gasteiger partial charge is 0.474 e. The molecular formula is C24H23F6N5O3S. The monoisotopic (exact) mass is 575 g/mol. The number of fused-ring (bicyclic) bond motifs is 1. The Bertz CT molecular complexity index is 1600. The van der Waals surface area contributed by atoms with Crippen LogP contribution in [-0.4, -0.2) is 42.7 Å². The molecule has 39 heavy (non-hydrogen) atoms. The highest BCUT2D eigenvalue weighted by Gasteiger charge is 2.40. The van der Waals surface area contributed by atoms with Crippen molar-refractivity contribution in [2.24, 2.45) is 11.4 Å². The average molecular weight is 576 g/mol. The molecule has 0 saturated carbocycles. The zero-order valence-corrected chi connectivity index (χ0v) is 21.4. The Morgan fingerprint density at radius 3 is 2.54 bits per heavy atom. The van der Waals surface area contributed by atoms with Crippen LogP contribution in [0.4, 0.5) is 32.2 Å². The second-order valence-electron chi connectivity index (χ2n) is 8.97. The third kappa shape index (κ3) is 5.73. The maximum absolute atomic E-state index is 14.7. The number of nitrogens with one attached hydrogen (secondary N) is 1. The number of hydrogen-bond acceptors (Lipinski definition) is 5. The molecule has 3 heterocycles. The molecule has 0 bridgehead atoms. The van der Waals surface area contributed by atoms with E-state index in [-0.39, 0.29) is 40.5 Å². The van der Waals surface area contributed by atoms with Gasteiger partial charge in [-0.2, -0.15) is 17.5 Å². The van der Waals surface area contributed by atoms with Gasteiger partial charge in [0.15, 0.2) is 0 Å². The Kier molecular flexibility index (Phi) is 7.67. The fourth-order valence-corrected chi connectivity index (χ4v) is 6.21. The van der Waals surface area contributed by atoms with Crippen LogP contribution in [0.5, 0.6) is 0 Å². The lowest BCUT2D eigenvalue weighted by atomic mass is 10.0. The summed E-state index contributed by atoms with van der Waals surface area (Å²) < 4.78 is 93.6. The lowest BCUT2D eigenvalue weighted by molar-refractivity contribution is -0.169. The van der Waals surface area contributed by atoms with E-state index in [1.165, 1.54) is 42.2 Å². The number of carbonyl (C=O) groups is 1. The van der Waals surface area contributed by atoms with Crippen LogP contribution < -0.4 is 10.9 Å². The number of amides is 1. The number of alkyl halides is 5. The number of anilines is 1. The SMILES string of the molecule is C[C@@H](Nc1ncnc2c1cc(C1=CC[SH](O)(=NC(=O)C(F)(F)F)CC1)c(=O)n2C)c1cccc(C(F)F)c1F. The molecule has 0 radical (unpaired) electrons. The molecule has 2 aromatic heterocycles. The molecule has 1 amide bonds. The summed E-state index contributed by atoms with van der Waals surface area (Å²) in [7, 11) is -2.13.